The first-order valence-corrected chi connectivity index (χ1v) is 19.8. The molecule has 9 nitrogen and oxygen atoms in total. The summed E-state index contributed by atoms with van der Waals surface area (Å²) in [4.78, 5) is 27.9. The van der Waals surface area contributed by atoms with Gasteiger partial charge in [-0.1, -0.05) is 140 Å². The molecule has 0 saturated carbocycles. The molecule has 0 aromatic heterocycles. The maximum atomic E-state index is 13.0. The lowest BCUT2D eigenvalue weighted by atomic mass is 9.97. The van der Waals surface area contributed by atoms with E-state index in [9.17, 15) is 14.7 Å². The van der Waals surface area contributed by atoms with Crippen LogP contribution in [0.25, 0.3) is 21.9 Å². The first-order chi connectivity index (χ1) is 28.3. The average molecular weight is 778 g/mol. The number of amides is 2. The fraction of sp³-hybridized carbons (Fsp3) is 0.265. The number of carbonyl (C=O) groups excluding carboxylic acids is 2. The van der Waals surface area contributed by atoms with Gasteiger partial charge in [-0.3, -0.25) is 4.90 Å². The summed E-state index contributed by atoms with van der Waals surface area (Å²) in [6, 6.07) is 47.5. The summed E-state index contributed by atoms with van der Waals surface area (Å²) >= 11 is 0. The molecule has 5 atom stereocenters. The van der Waals surface area contributed by atoms with Crippen LogP contribution in [0.2, 0.25) is 0 Å². The molecule has 2 amide bonds. The van der Waals surface area contributed by atoms with Gasteiger partial charge in [-0.25, -0.2) is 9.59 Å². The molecule has 0 spiro atoms. The number of methoxy groups -OCH3 is 1. The molecular formula is C49H51N3O6. The van der Waals surface area contributed by atoms with Crippen molar-refractivity contribution in [2.75, 3.05) is 20.7 Å². The van der Waals surface area contributed by atoms with Crippen molar-refractivity contribution in [3.63, 3.8) is 0 Å². The van der Waals surface area contributed by atoms with E-state index in [2.05, 4.69) is 84.1 Å². The van der Waals surface area contributed by atoms with Crippen LogP contribution in [0.3, 0.4) is 0 Å². The number of likely N-dealkylation sites (N-methyl/N-ethyl adjacent to an activating group) is 1. The maximum Gasteiger partial charge on any atom is 0.328 e. The SMILES string of the molecule is COC(=O)[C@H](Cc1ccccc1)NC(=O)NCc1ccccc1-c1ccc([C@H]2O[C@@H](CN(C)[C@H](C)c3ccc4ccccc4c3)C[C@@H](c3ccc(CO)cc3)O2)cc1. The predicted molar refractivity (Wildman–Crippen MR) is 227 cm³/mol. The molecule has 3 N–H and O–H groups in total. The van der Waals surface area contributed by atoms with E-state index < -0.39 is 24.3 Å². The lowest BCUT2D eigenvalue weighted by Gasteiger charge is -2.39. The predicted octanol–water partition coefficient (Wildman–Crippen LogP) is 8.82. The molecule has 0 bridgehead atoms. The number of aliphatic hydroxyl groups excluding tert-OH is 1. The Labute approximate surface area is 340 Å². The number of ether oxygens (including phenoxy) is 3. The summed E-state index contributed by atoms with van der Waals surface area (Å²) in [5.41, 5.74) is 7.83. The molecule has 7 rings (SSSR count). The molecule has 298 valence electrons. The third-order valence-electron chi connectivity index (χ3n) is 11.0. The lowest BCUT2D eigenvalue weighted by Crippen LogP contribution is -2.47. The number of fused-ring (bicyclic) bond motifs is 1. The molecule has 0 unspecified atom stereocenters. The number of aliphatic hydroxyl groups is 1. The van der Waals surface area contributed by atoms with Crippen molar-refractivity contribution in [3.8, 4) is 11.1 Å². The van der Waals surface area contributed by atoms with Crippen molar-refractivity contribution in [1.29, 1.82) is 0 Å². The van der Waals surface area contributed by atoms with E-state index in [0.29, 0.717) is 19.4 Å². The van der Waals surface area contributed by atoms with Gasteiger partial charge in [0.15, 0.2) is 6.29 Å². The number of nitrogens with zero attached hydrogens (tertiary/aromatic N) is 1. The van der Waals surface area contributed by atoms with Gasteiger partial charge in [-0.15, -0.1) is 0 Å². The van der Waals surface area contributed by atoms with Crippen LogP contribution in [-0.2, 0) is 38.6 Å². The van der Waals surface area contributed by atoms with Gasteiger partial charge in [-0.2, -0.15) is 0 Å². The van der Waals surface area contributed by atoms with Crippen molar-refractivity contribution >= 4 is 22.8 Å². The van der Waals surface area contributed by atoms with Crippen molar-refractivity contribution in [2.45, 2.75) is 63.5 Å². The third-order valence-corrected chi connectivity index (χ3v) is 11.0. The van der Waals surface area contributed by atoms with Gasteiger partial charge in [0, 0.05) is 37.5 Å². The molecule has 0 radical (unpaired) electrons. The van der Waals surface area contributed by atoms with Gasteiger partial charge in [0.1, 0.15) is 6.04 Å². The summed E-state index contributed by atoms with van der Waals surface area (Å²) in [7, 11) is 3.46. The molecule has 1 saturated heterocycles. The highest BCUT2D eigenvalue weighted by atomic mass is 16.7. The summed E-state index contributed by atoms with van der Waals surface area (Å²) < 4.78 is 18.4. The van der Waals surface area contributed by atoms with Crippen molar-refractivity contribution < 1.29 is 28.9 Å². The van der Waals surface area contributed by atoms with Crippen LogP contribution in [0.1, 0.15) is 65.2 Å². The molecule has 9 heteroatoms. The Balaban J connectivity index is 1.05. The highest BCUT2D eigenvalue weighted by molar-refractivity contribution is 5.84. The Morgan fingerprint density at radius 1 is 0.793 bits per heavy atom. The van der Waals surface area contributed by atoms with Gasteiger partial charge in [0.2, 0.25) is 0 Å². The number of esters is 1. The largest absolute Gasteiger partial charge is 0.467 e. The zero-order chi connectivity index (χ0) is 40.4. The minimum absolute atomic E-state index is 0.0129. The first kappa shape index (κ1) is 40.4. The Bertz CT molecular complexity index is 2280. The van der Waals surface area contributed by atoms with Crippen molar-refractivity contribution in [3.05, 3.63) is 179 Å². The Morgan fingerprint density at radius 2 is 1.48 bits per heavy atom. The zero-order valence-electron chi connectivity index (χ0n) is 33.2. The number of carbonyl (C=O) groups is 2. The topological polar surface area (TPSA) is 109 Å². The second kappa shape index (κ2) is 19.1. The fourth-order valence-corrected chi connectivity index (χ4v) is 7.58. The maximum absolute atomic E-state index is 13.0. The van der Waals surface area contributed by atoms with Gasteiger partial charge in [-0.05, 0) is 69.8 Å². The van der Waals surface area contributed by atoms with E-state index in [4.69, 9.17) is 14.2 Å². The van der Waals surface area contributed by atoms with Crippen LogP contribution in [0.5, 0.6) is 0 Å². The van der Waals surface area contributed by atoms with E-state index >= 15 is 0 Å². The van der Waals surface area contributed by atoms with Gasteiger partial charge >= 0.3 is 12.0 Å². The number of rotatable bonds is 14. The summed E-state index contributed by atoms with van der Waals surface area (Å²) in [6.45, 7) is 3.18. The number of urea groups is 1. The molecule has 1 fully saturated rings. The molecule has 0 aliphatic carbocycles. The molecule has 6 aromatic carbocycles. The van der Waals surface area contributed by atoms with Crippen molar-refractivity contribution in [2.24, 2.45) is 0 Å². The quantitative estimate of drug-likeness (QED) is 0.0949. The number of nitrogens with one attached hydrogen (secondary N) is 2. The second-order valence-corrected chi connectivity index (χ2v) is 14.9. The Morgan fingerprint density at radius 3 is 2.22 bits per heavy atom. The van der Waals surface area contributed by atoms with Crippen LogP contribution in [0.4, 0.5) is 4.79 Å². The Hall–Kier alpha value is -5.84. The number of benzene rings is 6. The van der Waals surface area contributed by atoms with E-state index in [-0.39, 0.29) is 31.4 Å². The molecule has 58 heavy (non-hydrogen) atoms. The highest BCUT2D eigenvalue weighted by Crippen LogP contribution is 2.39. The van der Waals surface area contributed by atoms with Crippen molar-refractivity contribution in [1.82, 2.24) is 15.5 Å². The summed E-state index contributed by atoms with van der Waals surface area (Å²) in [5, 5.41) is 17.8. The molecule has 1 aliphatic rings. The average Bonchev–Trinajstić information content (AvgIpc) is 3.27. The normalized spacial score (nSPS) is 17.7. The summed E-state index contributed by atoms with van der Waals surface area (Å²) in [5.74, 6) is -0.509. The monoisotopic (exact) mass is 777 g/mol. The first-order valence-electron chi connectivity index (χ1n) is 19.8. The standard InChI is InChI=1S/C49H51N3O6/c1-33(40-26-21-36-13-7-8-14-41(36)28-40)52(2)31-43-29-46(38-19-17-35(32-53)18-20-38)58-48(57-43)39-24-22-37(23-25-39)44-16-10-9-15-42(44)30-50-49(55)51-45(47(54)56-3)27-34-11-5-4-6-12-34/h4-26,28,33,43,45-46,48,53H,27,29-32H2,1-3H3,(H2,50,51,55)/t33-,43-,45+,46+,48+/m1/s1. The van der Waals surface area contributed by atoms with Crippen LogP contribution >= 0.6 is 0 Å². The molecular weight excluding hydrogens is 727 g/mol. The van der Waals surface area contributed by atoms with E-state index in [1.54, 1.807) is 0 Å². The smallest absolute Gasteiger partial charge is 0.328 e. The zero-order valence-corrected chi connectivity index (χ0v) is 33.2. The number of hydrogen-bond donors (Lipinski definition) is 3. The molecule has 1 aliphatic heterocycles. The highest BCUT2D eigenvalue weighted by Gasteiger charge is 2.33. The fourth-order valence-electron chi connectivity index (χ4n) is 7.58. The van der Waals surface area contributed by atoms with Crippen LogP contribution in [0.15, 0.2) is 146 Å². The summed E-state index contributed by atoms with van der Waals surface area (Å²) in [6.07, 6.45) is 0.0847. The lowest BCUT2D eigenvalue weighted by molar-refractivity contribution is -0.253. The molecule has 6 aromatic rings. The molecule has 1 heterocycles. The van der Waals surface area contributed by atoms with Gasteiger partial charge < -0.3 is 30.0 Å². The van der Waals surface area contributed by atoms with E-state index in [1.165, 1.54) is 23.4 Å². The van der Waals surface area contributed by atoms with E-state index in [1.807, 2.05) is 91.0 Å². The third kappa shape index (κ3) is 9.99. The van der Waals surface area contributed by atoms with Gasteiger partial charge in [0.25, 0.3) is 0 Å². The minimum Gasteiger partial charge on any atom is -0.467 e. The minimum atomic E-state index is -0.827. The van der Waals surface area contributed by atoms with Crippen LogP contribution in [-0.4, -0.2) is 54.9 Å². The van der Waals surface area contributed by atoms with Gasteiger partial charge in [0.05, 0.1) is 25.9 Å². The second-order valence-electron chi connectivity index (χ2n) is 14.9. The Kier molecular flexibility index (Phi) is 13.3. The van der Waals surface area contributed by atoms with Crippen LogP contribution in [0, 0.1) is 0 Å². The van der Waals surface area contributed by atoms with Crippen LogP contribution < -0.4 is 10.6 Å². The number of hydrogen-bond acceptors (Lipinski definition) is 7. The van der Waals surface area contributed by atoms with E-state index in [0.717, 1.165) is 38.9 Å².